The molecule has 0 saturated carbocycles. The predicted molar refractivity (Wildman–Crippen MR) is 70.8 cm³/mol. The molecular formula is C12H14BrN3O2. The second-order valence-corrected chi connectivity index (χ2v) is 4.87. The molecule has 0 radical (unpaired) electrons. The third-order valence-electron chi connectivity index (χ3n) is 2.60. The first-order valence-electron chi connectivity index (χ1n) is 5.60. The first kappa shape index (κ1) is 13.2. The van der Waals surface area contributed by atoms with Crippen LogP contribution < -0.4 is 5.73 Å². The number of aromatic nitrogens is 2. The molecule has 2 rings (SSSR count). The molecular weight excluding hydrogens is 298 g/mol. The third-order valence-corrected chi connectivity index (χ3v) is 3.45. The van der Waals surface area contributed by atoms with Gasteiger partial charge in [0.05, 0.1) is 0 Å². The molecule has 1 unspecified atom stereocenters. The summed E-state index contributed by atoms with van der Waals surface area (Å²) >= 11 is 3.45. The molecule has 1 atom stereocenters. The van der Waals surface area contributed by atoms with E-state index in [1.54, 1.807) is 0 Å². The zero-order valence-corrected chi connectivity index (χ0v) is 11.5. The number of rotatable bonds is 4. The van der Waals surface area contributed by atoms with Crippen LogP contribution in [0.3, 0.4) is 0 Å². The van der Waals surface area contributed by atoms with Gasteiger partial charge in [0.1, 0.15) is 6.10 Å². The highest BCUT2D eigenvalue weighted by atomic mass is 79.9. The summed E-state index contributed by atoms with van der Waals surface area (Å²) in [5, 5.41) is 13.5. The van der Waals surface area contributed by atoms with Crippen molar-refractivity contribution in [1.82, 2.24) is 10.1 Å². The van der Waals surface area contributed by atoms with Crippen LogP contribution in [0.15, 0.2) is 27.2 Å². The van der Waals surface area contributed by atoms with Crippen LogP contribution in [-0.4, -0.2) is 21.8 Å². The average Bonchev–Trinajstić information content (AvgIpc) is 2.82. The summed E-state index contributed by atoms with van der Waals surface area (Å²) < 4.78 is 6.00. The Balaban J connectivity index is 2.26. The molecule has 0 aliphatic carbocycles. The van der Waals surface area contributed by atoms with Crippen molar-refractivity contribution >= 4 is 15.9 Å². The van der Waals surface area contributed by atoms with Crippen molar-refractivity contribution in [2.45, 2.75) is 19.4 Å². The number of hydrogen-bond acceptors (Lipinski definition) is 5. The van der Waals surface area contributed by atoms with Gasteiger partial charge in [0.25, 0.3) is 5.89 Å². The highest BCUT2D eigenvalue weighted by Gasteiger charge is 2.16. The summed E-state index contributed by atoms with van der Waals surface area (Å²) in [4.78, 5) is 4.17. The summed E-state index contributed by atoms with van der Waals surface area (Å²) in [7, 11) is 0. The Labute approximate surface area is 113 Å². The number of aliphatic hydroxyl groups excluding tert-OH is 1. The minimum Gasteiger partial charge on any atom is -0.383 e. The van der Waals surface area contributed by atoms with E-state index in [9.17, 15) is 5.11 Å². The molecule has 5 nitrogen and oxygen atoms in total. The number of hydrogen-bond donors (Lipinski definition) is 2. The molecule has 6 heteroatoms. The van der Waals surface area contributed by atoms with Crippen LogP contribution >= 0.6 is 15.9 Å². The molecule has 3 N–H and O–H groups in total. The van der Waals surface area contributed by atoms with Crippen molar-refractivity contribution in [3.8, 4) is 11.4 Å². The van der Waals surface area contributed by atoms with Crippen LogP contribution in [0.25, 0.3) is 11.4 Å². The molecule has 0 amide bonds. The smallest absolute Gasteiger partial charge is 0.255 e. The summed E-state index contributed by atoms with van der Waals surface area (Å²) in [6.45, 7) is 2.37. The predicted octanol–water partition coefficient (Wildman–Crippen LogP) is 2.19. The Morgan fingerprint density at radius 1 is 1.50 bits per heavy atom. The molecule has 0 spiro atoms. The van der Waals surface area contributed by atoms with Crippen LogP contribution in [0, 0.1) is 6.92 Å². The molecule has 0 bridgehead atoms. The average molecular weight is 312 g/mol. The molecule has 2 aromatic rings. The molecule has 18 heavy (non-hydrogen) atoms. The van der Waals surface area contributed by atoms with Crippen molar-refractivity contribution in [1.29, 1.82) is 0 Å². The molecule has 1 heterocycles. The molecule has 96 valence electrons. The number of halogens is 1. The minimum absolute atomic E-state index is 0.201. The van der Waals surface area contributed by atoms with Crippen molar-refractivity contribution in [3.63, 3.8) is 0 Å². The van der Waals surface area contributed by atoms with E-state index in [1.807, 2.05) is 25.1 Å². The zero-order chi connectivity index (χ0) is 13.1. The highest BCUT2D eigenvalue weighted by molar-refractivity contribution is 9.10. The van der Waals surface area contributed by atoms with Gasteiger partial charge in [0, 0.05) is 10.0 Å². The second-order valence-electron chi connectivity index (χ2n) is 4.01. The van der Waals surface area contributed by atoms with Crippen LogP contribution in [0.1, 0.15) is 24.0 Å². The van der Waals surface area contributed by atoms with Crippen molar-refractivity contribution < 1.29 is 9.63 Å². The van der Waals surface area contributed by atoms with E-state index < -0.39 is 6.10 Å². The topological polar surface area (TPSA) is 85.2 Å². The lowest BCUT2D eigenvalue weighted by Gasteiger charge is -2.01. The number of aryl methyl sites for hydroxylation is 1. The van der Waals surface area contributed by atoms with E-state index in [4.69, 9.17) is 10.3 Å². The van der Waals surface area contributed by atoms with Gasteiger partial charge < -0.3 is 15.4 Å². The van der Waals surface area contributed by atoms with Gasteiger partial charge in [-0.3, -0.25) is 0 Å². The maximum absolute atomic E-state index is 9.69. The molecule has 0 fully saturated rings. The normalized spacial score (nSPS) is 12.7. The molecule has 1 aromatic carbocycles. The maximum Gasteiger partial charge on any atom is 0.255 e. The minimum atomic E-state index is -0.801. The van der Waals surface area contributed by atoms with Gasteiger partial charge in [-0.25, -0.2) is 0 Å². The molecule has 0 saturated heterocycles. The van der Waals surface area contributed by atoms with Crippen LogP contribution in [0.5, 0.6) is 0 Å². The maximum atomic E-state index is 9.69. The zero-order valence-electron chi connectivity index (χ0n) is 9.93. The summed E-state index contributed by atoms with van der Waals surface area (Å²) in [6.07, 6.45) is -0.399. The Kier molecular flexibility index (Phi) is 4.11. The van der Waals surface area contributed by atoms with Gasteiger partial charge in [-0.05, 0) is 31.5 Å². The second kappa shape index (κ2) is 5.60. The fourth-order valence-electron chi connectivity index (χ4n) is 1.50. The lowest BCUT2D eigenvalue weighted by molar-refractivity contribution is 0.127. The largest absolute Gasteiger partial charge is 0.383 e. The highest BCUT2D eigenvalue weighted by Crippen LogP contribution is 2.25. The van der Waals surface area contributed by atoms with Crippen LogP contribution in [0.4, 0.5) is 0 Å². The Hall–Kier alpha value is -1.24. The quantitative estimate of drug-likeness (QED) is 0.904. The Bertz CT molecular complexity index is 542. The van der Waals surface area contributed by atoms with Gasteiger partial charge in [-0.2, -0.15) is 4.98 Å². The number of nitrogens with two attached hydrogens (primary N) is 1. The Morgan fingerprint density at radius 2 is 2.28 bits per heavy atom. The van der Waals surface area contributed by atoms with Gasteiger partial charge in [0.2, 0.25) is 5.82 Å². The SMILES string of the molecule is Cc1ccc(-c2noc(C(O)CCN)n2)cc1Br. The van der Waals surface area contributed by atoms with Gasteiger partial charge in [0.15, 0.2) is 0 Å². The van der Waals surface area contributed by atoms with Gasteiger partial charge in [-0.1, -0.05) is 33.2 Å². The first-order chi connectivity index (χ1) is 8.61. The van der Waals surface area contributed by atoms with E-state index in [1.165, 1.54) is 0 Å². The summed E-state index contributed by atoms with van der Waals surface area (Å²) in [6, 6.07) is 5.79. The van der Waals surface area contributed by atoms with E-state index >= 15 is 0 Å². The van der Waals surface area contributed by atoms with Crippen molar-refractivity contribution in [2.75, 3.05) is 6.54 Å². The monoisotopic (exact) mass is 311 g/mol. The number of aliphatic hydroxyl groups is 1. The fraction of sp³-hybridized carbons (Fsp3) is 0.333. The fourth-order valence-corrected chi connectivity index (χ4v) is 1.88. The number of benzene rings is 1. The van der Waals surface area contributed by atoms with E-state index in [0.29, 0.717) is 18.8 Å². The van der Waals surface area contributed by atoms with Crippen molar-refractivity contribution in [3.05, 3.63) is 34.1 Å². The molecule has 0 aliphatic rings. The molecule has 1 aromatic heterocycles. The van der Waals surface area contributed by atoms with E-state index in [2.05, 4.69) is 26.1 Å². The Morgan fingerprint density at radius 3 is 2.94 bits per heavy atom. The lowest BCUT2D eigenvalue weighted by Crippen LogP contribution is -2.06. The number of nitrogens with zero attached hydrogens (tertiary/aromatic N) is 2. The van der Waals surface area contributed by atoms with E-state index in [0.717, 1.165) is 15.6 Å². The van der Waals surface area contributed by atoms with Gasteiger partial charge in [-0.15, -0.1) is 0 Å². The molecule has 0 aliphatic heterocycles. The third kappa shape index (κ3) is 2.77. The first-order valence-corrected chi connectivity index (χ1v) is 6.39. The van der Waals surface area contributed by atoms with Crippen LogP contribution in [0.2, 0.25) is 0 Å². The van der Waals surface area contributed by atoms with Crippen LogP contribution in [-0.2, 0) is 0 Å². The summed E-state index contributed by atoms with van der Waals surface area (Å²) in [5.41, 5.74) is 7.33. The standard InChI is InChI=1S/C12H14BrN3O2/c1-7-2-3-8(6-9(7)13)11-15-12(18-16-11)10(17)4-5-14/h2-3,6,10,17H,4-5,14H2,1H3. The van der Waals surface area contributed by atoms with Gasteiger partial charge >= 0.3 is 0 Å². The lowest BCUT2D eigenvalue weighted by atomic mass is 10.1. The summed E-state index contributed by atoms with van der Waals surface area (Å²) in [5.74, 6) is 0.661. The van der Waals surface area contributed by atoms with E-state index in [-0.39, 0.29) is 5.89 Å². The van der Waals surface area contributed by atoms with Crippen molar-refractivity contribution in [2.24, 2.45) is 5.73 Å².